The fraction of sp³-hybridized carbons (Fsp3) is 0.273. The molecule has 0 aliphatic carbocycles. The molecule has 0 spiro atoms. The first kappa shape index (κ1) is 17.5. The molecule has 27 heavy (non-hydrogen) atoms. The lowest BCUT2D eigenvalue weighted by atomic mass is 10.1. The highest BCUT2D eigenvalue weighted by Gasteiger charge is 2.28. The van der Waals surface area contributed by atoms with Gasteiger partial charge in [0.05, 0.1) is 11.2 Å². The molecule has 0 atom stereocenters. The van der Waals surface area contributed by atoms with E-state index in [1.54, 1.807) is 4.57 Å². The van der Waals surface area contributed by atoms with Crippen LogP contribution in [-0.2, 0) is 4.79 Å². The SMILES string of the molecule is CCN(CC)CCC(=O)Nc1ccc2c(c1)cc1n2C(=O)c2ccccc2-1. The maximum absolute atomic E-state index is 12.7. The second-order valence-corrected chi connectivity index (χ2v) is 6.81. The maximum atomic E-state index is 12.7. The quantitative estimate of drug-likeness (QED) is 0.565. The van der Waals surface area contributed by atoms with Crippen molar-refractivity contribution < 1.29 is 9.59 Å². The fourth-order valence-electron chi connectivity index (χ4n) is 3.75. The number of nitrogens with zero attached hydrogens (tertiary/aromatic N) is 2. The minimum absolute atomic E-state index is 0.00612. The summed E-state index contributed by atoms with van der Waals surface area (Å²) >= 11 is 0. The molecule has 1 N–H and O–H groups in total. The molecule has 0 saturated heterocycles. The summed E-state index contributed by atoms with van der Waals surface area (Å²) < 4.78 is 1.76. The van der Waals surface area contributed by atoms with Gasteiger partial charge in [-0.1, -0.05) is 32.0 Å². The number of carbonyl (C=O) groups excluding carboxylic acids is 2. The Morgan fingerprint density at radius 1 is 1.04 bits per heavy atom. The minimum atomic E-state index is 0.00612. The molecule has 1 aromatic heterocycles. The van der Waals surface area contributed by atoms with Crippen LogP contribution in [0, 0.1) is 0 Å². The van der Waals surface area contributed by atoms with Gasteiger partial charge in [0.2, 0.25) is 5.91 Å². The Morgan fingerprint density at radius 2 is 1.78 bits per heavy atom. The van der Waals surface area contributed by atoms with Gasteiger partial charge in [0, 0.05) is 35.2 Å². The minimum Gasteiger partial charge on any atom is -0.326 e. The Labute approximate surface area is 158 Å². The van der Waals surface area contributed by atoms with E-state index in [0.717, 1.165) is 53.0 Å². The van der Waals surface area contributed by atoms with E-state index in [4.69, 9.17) is 0 Å². The predicted molar refractivity (Wildman–Crippen MR) is 108 cm³/mol. The molecule has 0 bridgehead atoms. The van der Waals surface area contributed by atoms with E-state index >= 15 is 0 Å². The summed E-state index contributed by atoms with van der Waals surface area (Å²) in [6.07, 6.45) is 0.470. The van der Waals surface area contributed by atoms with E-state index < -0.39 is 0 Å². The zero-order chi connectivity index (χ0) is 19.0. The Morgan fingerprint density at radius 3 is 2.52 bits per heavy atom. The summed E-state index contributed by atoms with van der Waals surface area (Å²) in [5.41, 5.74) is 4.24. The van der Waals surface area contributed by atoms with Crippen molar-refractivity contribution in [3.63, 3.8) is 0 Å². The van der Waals surface area contributed by atoms with Gasteiger partial charge in [0.25, 0.3) is 5.91 Å². The van der Waals surface area contributed by atoms with Crippen molar-refractivity contribution in [1.82, 2.24) is 9.47 Å². The molecule has 2 aromatic carbocycles. The van der Waals surface area contributed by atoms with Crippen LogP contribution in [0.1, 0.15) is 30.6 Å². The van der Waals surface area contributed by atoms with Crippen LogP contribution in [0.3, 0.4) is 0 Å². The molecule has 0 radical (unpaired) electrons. The third kappa shape index (κ3) is 3.04. The van der Waals surface area contributed by atoms with Crippen LogP contribution < -0.4 is 5.32 Å². The highest BCUT2D eigenvalue weighted by atomic mass is 16.2. The lowest BCUT2D eigenvalue weighted by Crippen LogP contribution is -2.27. The van der Waals surface area contributed by atoms with Crippen molar-refractivity contribution in [2.24, 2.45) is 0 Å². The number of benzene rings is 2. The number of amides is 1. The van der Waals surface area contributed by atoms with E-state index in [9.17, 15) is 9.59 Å². The van der Waals surface area contributed by atoms with Crippen LogP contribution in [0.4, 0.5) is 5.69 Å². The van der Waals surface area contributed by atoms with Gasteiger partial charge in [0.1, 0.15) is 0 Å². The molecule has 4 rings (SSSR count). The maximum Gasteiger partial charge on any atom is 0.263 e. The highest BCUT2D eigenvalue weighted by molar-refractivity contribution is 6.14. The van der Waals surface area contributed by atoms with Gasteiger partial charge in [0.15, 0.2) is 0 Å². The molecular formula is C22H23N3O2. The van der Waals surface area contributed by atoms with Gasteiger partial charge in [-0.2, -0.15) is 0 Å². The average molecular weight is 361 g/mol. The lowest BCUT2D eigenvalue weighted by Gasteiger charge is -2.17. The van der Waals surface area contributed by atoms with Crippen molar-refractivity contribution in [3.05, 3.63) is 54.1 Å². The number of carbonyl (C=O) groups is 2. The number of hydrogen-bond acceptors (Lipinski definition) is 3. The van der Waals surface area contributed by atoms with Crippen LogP contribution >= 0.6 is 0 Å². The first-order chi connectivity index (χ1) is 13.1. The zero-order valence-corrected chi connectivity index (χ0v) is 15.7. The fourth-order valence-corrected chi connectivity index (χ4v) is 3.75. The normalized spacial score (nSPS) is 12.5. The largest absolute Gasteiger partial charge is 0.326 e. The Balaban J connectivity index is 1.57. The van der Waals surface area contributed by atoms with Gasteiger partial charge >= 0.3 is 0 Å². The molecule has 138 valence electrons. The smallest absolute Gasteiger partial charge is 0.263 e. The molecular weight excluding hydrogens is 338 g/mol. The lowest BCUT2D eigenvalue weighted by molar-refractivity contribution is -0.116. The van der Waals surface area contributed by atoms with Crippen LogP contribution in [0.15, 0.2) is 48.5 Å². The van der Waals surface area contributed by atoms with Gasteiger partial charge in [-0.15, -0.1) is 0 Å². The van der Waals surface area contributed by atoms with Crippen molar-refractivity contribution in [3.8, 4) is 11.3 Å². The van der Waals surface area contributed by atoms with Gasteiger partial charge in [-0.3, -0.25) is 14.2 Å². The molecule has 5 heteroatoms. The summed E-state index contributed by atoms with van der Waals surface area (Å²) in [5, 5.41) is 3.93. The summed E-state index contributed by atoms with van der Waals surface area (Å²) in [6.45, 7) is 6.85. The molecule has 1 amide bonds. The predicted octanol–water partition coefficient (Wildman–Crippen LogP) is 3.98. The monoisotopic (exact) mass is 361 g/mol. The average Bonchev–Trinajstić information content (AvgIpc) is 3.18. The molecule has 0 saturated carbocycles. The van der Waals surface area contributed by atoms with Crippen LogP contribution in [0.5, 0.6) is 0 Å². The topological polar surface area (TPSA) is 54.3 Å². The number of hydrogen-bond donors (Lipinski definition) is 1. The van der Waals surface area contributed by atoms with E-state index in [-0.39, 0.29) is 11.8 Å². The molecule has 0 fully saturated rings. The Bertz CT molecular complexity index is 1030. The third-order valence-corrected chi connectivity index (χ3v) is 5.27. The van der Waals surface area contributed by atoms with E-state index in [0.29, 0.717) is 6.42 Å². The number of fused-ring (bicyclic) bond motifs is 5. The highest BCUT2D eigenvalue weighted by Crippen LogP contribution is 2.37. The molecule has 2 heterocycles. The summed E-state index contributed by atoms with van der Waals surface area (Å²) in [7, 11) is 0. The van der Waals surface area contributed by atoms with E-state index in [1.807, 2.05) is 48.5 Å². The molecule has 3 aromatic rings. The van der Waals surface area contributed by atoms with Crippen LogP contribution in [-0.4, -0.2) is 40.9 Å². The third-order valence-electron chi connectivity index (χ3n) is 5.27. The van der Waals surface area contributed by atoms with Gasteiger partial charge in [-0.05, 0) is 43.4 Å². The first-order valence-corrected chi connectivity index (χ1v) is 9.44. The molecule has 0 unspecified atom stereocenters. The van der Waals surface area contributed by atoms with E-state index in [2.05, 4.69) is 24.1 Å². The van der Waals surface area contributed by atoms with Crippen molar-refractivity contribution >= 4 is 28.4 Å². The number of aromatic nitrogens is 1. The summed E-state index contributed by atoms with van der Waals surface area (Å²) in [6, 6.07) is 15.4. The van der Waals surface area contributed by atoms with Gasteiger partial charge in [-0.25, -0.2) is 0 Å². The second-order valence-electron chi connectivity index (χ2n) is 6.81. The number of rotatable bonds is 6. The Kier molecular flexibility index (Phi) is 4.54. The van der Waals surface area contributed by atoms with Crippen molar-refractivity contribution in [2.45, 2.75) is 20.3 Å². The van der Waals surface area contributed by atoms with E-state index in [1.165, 1.54) is 0 Å². The molecule has 1 aliphatic heterocycles. The van der Waals surface area contributed by atoms with Crippen molar-refractivity contribution in [1.29, 1.82) is 0 Å². The summed E-state index contributed by atoms with van der Waals surface area (Å²) in [5.74, 6) is 0.0148. The standard InChI is InChI=1S/C22H23N3O2/c1-3-24(4-2)12-11-21(26)23-16-9-10-19-15(13-16)14-20-17-7-5-6-8-18(17)22(27)25(19)20/h5-10,13-14H,3-4,11-12H2,1-2H3,(H,23,26). The van der Waals surface area contributed by atoms with Gasteiger partial charge < -0.3 is 10.2 Å². The first-order valence-electron chi connectivity index (χ1n) is 9.44. The number of nitrogens with one attached hydrogen (secondary N) is 1. The van der Waals surface area contributed by atoms with Crippen molar-refractivity contribution in [2.75, 3.05) is 25.0 Å². The summed E-state index contributed by atoms with van der Waals surface area (Å²) in [4.78, 5) is 27.2. The van der Waals surface area contributed by atoms with Crippen LogP contribution in [0.25, 0.3) is 22.2 Å². The zero-order valence-electron chi connectivity index (χ0n) is 15.7. The Hall–Kier alpha value is -2.92. The second kappa shape index (κ2) is 7.00. The molecule has 5 nitrogen and oxygen atoms in total. The number of anilines is 1. The van der Waals surface area contributed by atoms with Crippen LogP contribution in [0.2, 0.25) is 0 Å². The molecule has 1 aliphatic rings.